The Hall–Kier alpha value is -1.74. The van der Waals surface area contributed by atoms with Crippen LogP contribution in [-0.2, 0) is 28.6 Å². The highest BCUT2D eigenvalue weighted by atomic mass is 32.2. The molecule has 28 heavy (non-hydrogen) atoms. The van der Waals surface area contributed by atoms with Crippen LogP contribution in [0, 0.1) is 5.92 Å². The minimum Gasteiger partial charge on any atom is -0.266 e. The van der Waals surface area contributed by atoms with E-state index in [2.05, 4.69) is 0 Å². The summed E-state index contributed by atoms with van der Waals surface area (Å²) in [7, 11) is -7.86. The quantitative estimate of drug-likeness (QED) is 0.505. The van der Waals surface area contributed by atoms with Gasteiger partial charge in [0.25, 0.3) is 20.2 Å². The number of benzene rings is 2. The van der Waals surface area contributed by atoms with Gasteiger partial charge in [0.15, 0.2) is 0 Å². The second kappa shape index (κ2) is 10.2. The molecule has 8 heteroatoms. The maximum absolute atomic E-state index is 12.6. The first-order valence-corrected chi connectivity index (χ1v) is 12.0. The van der Waals surface area contributed by atoms with Crippen molar-refractivity contribution in [1.29, 1.82) is 0 Å². The van der Waals surface area contributed by atoms with Gasteiger partial charge in [-0.15, -0.1) is 0 Å². The zero-order valence-corrected chi connectivity index (χ0v) is 17.7. The third-order valence-corrected chi connectivity index (χ3v) is 7.02. The maximum Gasteiger partial charge on any atom is 0.297 e. The lowest BCUT2D eigenvalue weighted by molar-refractivity contribution is 0.0925. The predicted molar refractivity (Wildman–Crippen MR) is 107 cm³/mol. The SMILES string of the molecule is CCCC(OS(=O)(=O)c1ccccc1)C(CC)COS(=O)(=O)c1ccccc1. The lowest BCUT2D eigenvalue weighted by Crippen LogP contribution is -2.31. The molecule has 2 aromatic carbocycles. The zero-order valence-electron chi connectivity index (χ0n) is 16.0. The summed E-state index contributed by atoms with van der Waals surface area (Å²) >= 11 is 0. The molecule has 6 nitrogen and oxygen atoms in total. The Kier molecular flexibility index (Phi) is 8.18. The van der Waals surface area contributed by atoms with Crippen molar-refractivity contribution in [3.05, 3.63) is 60.7 Å². The fourth-order valence-corrected chi connectivity index (χ4v) is 4.93. The molecule has 0 aromatic heterocycles. The second-order valence-corrected chi connectivity index (χ2v) is 9.60. The summed E-state index contributed by atoms with van der Waals surface area (Å²) in [4.78, 5) is 0.138. The largest absolute Gasteiger partial charge is 0.297 e. The molecule has 0 saturated carbocycles. The fraction of sp³-hybridized carbons (Fsp3) is 0.400. The van der Waals surface area contributed by atoms with E-state index in [-0.39, 0.29) is 16.4 Å². The minimum absolute atomic E-state index is 0.0646. The molecular weight excluding hydrogens is 400 g/mol. The molecule has 0 N–H and O–H groups in total. The third kappa shape index (κ3) is 6.13. The van der Waals surface area contributed by atoms with Crippen LogP contribution in [0.15, 0.2) is 70.5 Å². The van der Waals surface area contributed by atoms with Crippen molar-refractivity contribution in [3.8, 4) is 0 Å². The lowest BCUT2D eigenvalue weighted by atomic mass is 9.97. The smallest absolute Gasteiger partial charge is 0.266 e. The highest BCUT2D eigenvalue weighted by Gasteiger charge is 2.29. The van der Waals surface area contributed by atoms with E-state index in [9.17, 15) is 16.8 Å². The van der Waals surface area contributed by atoms with E-state index >= 15 is 0 Å². The summed E-state index contributed by atoms with van der Waals surface area (Å²) in [6, 6.07) is 15.8. The molecule has 2 rings (SSSR count). The lowest BCUT2D eigenvalue weighted by Gasteiger charge is -2.25. The van der Waals surface area contributed by atoms with Crippen LogP contribution in [0.1, 0.15) is 33.1 Å². The topological polar surface area (TPSA) is 86.7 Å². The van der Waals surface area contributed by atoms with E-state index in [0.717, 1.165) is 0 Å². The fourth-order valence-electron chi connectivity index (χ4n) is 2.77. The van der Waals surface area contributed by atoms with Crippen molar-refractivity contribution < 1.29 is 25.2 Å². The molecule has 0 spiro atoms. The van der Waals surface area contributed by atoms with Gasteiger partial charge in [0, 0.05) is 5.92 Å². The van der Waals surface area contributed by atoms with Crippen LogP contribution in [0.2, 0.25) is 0 Å². The number of hydrogen-bond donors (Lipinski definition) is 0. The number of hydrogen-bond acceptors (Lipinski definition) is 6. The van der Waals surface area contributed by atoms with Gasteiger partial charge in [-0.2, -0.15) is 16.8 Å². The van der Waals surface area contributed by atoms with Gasteiger partial charge in [-0.3, -0.25) is 8.37 Å². The predicted octanol–water partition coefficient (Wildman–Crippen LogP) is 3.99. The Bertz CT molecular complexity index is 925. The molecule has 0 aliphatic rings. The van der Waals surface area contributed by atoms with Crippen LogP contribution in [0.5, 0.6) is 0 Å². The highest BCUT2D eigenvalue weighted by Crippen LogP contribution is 2.25. The summed E-state index contributed by atoms with van der Waals surface area (Å²) < 4.78 is 60.6. The Morgan fingerprint density at radius 3 is 1.75 bits per heavy atom. The molecule has 0 aliphatic heterocycles. The highest BCUT2D eigenvalue weighted by molar-refractivity contribution is 7.87. The van der Waals surface area contributed by atoms with E-state index in [0.29, 0.717) is 19.3 Å². The Morgan fingerprint density at radius 1 is 0.786 bits per heavy atom. The summed E-state index contributed by atoms with van der Waals surface area (Å²) in [6.45, 7) is 3.62. The molecule has 0 saturated heterocycles. The molecule has 0 bridgehead atoms. The normalized spacial score (nSPS) is 14.5. The molecular formula is C20H26O6S2. The van der Waals surface area contributed by atoms with Crippen molar-refractivity contribution in [1.82, 2.24) is 0 Å². The second-order valence-electron chi connectivity index (χ2n) is 6.41. The summed E-state index contributed by atoms with van der Waals surface area (Å²) in [6.07, 6.45) is 1.00. The Morgan fingerprint density at radius 2 is 1.29 bits per heavy atom. The molecule has 0 amide bonds. The molecule has 0 radical (unpaired) electrons. The van der Waals surface area contributed by atoms with Gasteiger partial charge in [-0.1, -0.05) is 56.7 Å². The van der Waals surface area contributed by atoms with Crippen LogP contribution in [0.3, 0.4) is 0 Å². The van der Waals surface area contributed by atoms with E-state index in [4.69, 9.17) is 8.37 Å². The van der Waals surface area contributed by atoms with Crippen LogP contribution >= 0.6 is 0 Å². The van der Waals surface area contributed by atoms with Gasteiger partial charge in [0.05, 0.1) is 22.5 Å². The zero-order chi connectivity index (χ0) is 20.6. The van der Waals surface area contributed by atoms with Gasteiger partial charge < -0.3 is 0 Å². The van der Waals surface area contributed by atoms with Crippen molar-refractivity contribution in [2.45, 2.75) is 49.0 Å². The van der Waals surface area contributed by atoms with E-state index < -0.39 is 32.3 Å². The van der Waals surface area contributed by atoms with Crippen LogP contribution in [0.4, 0.5) is 0 Å². The third-order valence-electron chi connectivity index (χ3n) is 4.37. The van der Waals surface area contributed by atoms with Gasteiger partial charge in [-0.05, 0) is 37.1 Å². The van der Waals surface area contributed by atoms with Crippen molar-refractivity contribution in [2.24, 2.45) is 5.92 Å². The molecule has 2 unspecified atom stereocenters. The standard InChI is InChI=1S/C20H26O6S2/c1-3-11-20(26-28(23,24)19-14-9-6-10-15-19)17(4-2)16-25-27(21,22)18-12-7-5-8-13-18/h5-10,12-15,17,20H,3-4,11,16H2,1-2H3. The van der Waals surface area contributed by atoms with Crippen molar-refractivity contribution >= 4 is 20.2 Å². The first-order valence-electron chi connectivity index (χ1n) is 9.23. The maximum atomic E-state index is 12.6. The first kappa shape index (κ1) is 22.5. The first-order chi connectivity index (χ1) is 13.3. The average molecular weight is 427 g/mol. The molecule has 2 aromatic rings. The Balaban J connectivity index is 2.14. The van der Waals surface area contributed by atoms with E-state index in [1.807, 2.05) is 13.8 Å². The van der Waals surface area contributed by atoms with Gasteiger partial charge >= 0.3 is 0 Å². The summed E-state index contributed by atoms with van der Waals surface area (Å²) in [5.74, 6) is -0.392. The van der Waals surface area contributed by atoms with Crippen LogP contribution in [0.25, 0.3) is 0 Å². The molecule has 0 fully saturated rings. The van der Waals surface area contributed by atoms with Crippen LogP contribution < -0.4 is 0 Å². The van der Waals surface area contributed by atoms with Gasteiger partial charge in [0.1, 0.15) is 0 Å². The van der Waals surface area contributed by atoms with Crippen LogP contribution in [-0.4, -0.2) is 29.5 Å². The average Bonchev–Trinajstić information content (AvgIpc) is 2.69. The molecule has 154 valence electrons. The summed E-state index contributed by atoms with van der Waals surface area (Å²) in [5, 5.41) is 0. The molecule has 0 heterocycles. The van der Waals surface area contributed by atoms with Crippen molar-refractivity contribution in [3.63, 3.8) is 0 Å². The van der Waals surface area contributed by atoms with Gasteiger partial charge in [0.2, 0.25) is 0 Å². The summed E-state index contributed by atoms with van der Waals surface area (Å²) in [5.41, 5.74) is 0. The van der Waals surface area contributed by atoms with E-state index in [1.54, 1.807) is 36.4 Å². The van der Waals surface area contributed by atoms with Gasteiger partial charge in [-0.25, -0.2) is 0 Å². The number of rotatable bonds is 11. The van der Waals surface area contributed by atoms with Crippen molar-refractivity contribution in [2.75, 3.05) is 6.61 Å². The Labute approximate surface area is 167 Å². The monoisotopic (exact) mass is 426 g/mol. The molecule has 2 atom stereocenters. The van der Waals surface area contributed by atoms with E-state index in [1.165, 1.54) is 24.3 Å². The molecule has 0 aliphatic carbocycles. The minimum atomic E-state index is -3.95.